The van der Waals surface area contributed by atoms with E-state index in [4.69, 9.17) is 5.21 Å². The number of aliphatic hydroxyl groups excluding tert-OH is 1. The normalized spacial score (nSPS) is 24.5. The maximum Gasteiger partial charge on any atom is 0.352 e. The van der Waals surface area contributed by atoms with Gasteiger partial charge in [0, 0.05) is 18.5 Å². The lowest BCUT2D eigenvalue weighted by atomic mass is 9.77. The number of carboxylic acid groups (broad SMARTS) is 1. The Bertz CT molecular complexity index is 805. The molecule has 2 amide bonds. The van der Waals surface area contributed by atoms with Crippen LogP contribution in [0, 0.1) is 11.8 Å². The number of rotatable bonds is 10. The number of hydroxylamine groups is 1. The van der Waals surface area contributed by atoms with E-state index >= 15 is 0 Å². The summed E-state index contributed by atoms with van der Waals surface area (Å²) in [6, 6.07) is -0.407. The standard InChI is InChI=1S/C19H28N4O7/c1-9(24)5-12(21-30)6-20-14(26)8-22(4)7-13-10(2)16-15(11(3)25)18(27)23(16)17(13)19(28)29/h5,10-11,15-16,21,25,30H,6-8H2,1-4H3,(H,20,26)(H,28,29)/b12-5-/t10-,11+,15+,16?/m0/s1. The highest BCUT2D eigenvalue weighted by Gasteiger charge is 2.59. The lowest BCUT2D eigenvalue weighted by Gasteiger charge is -2.46. The fraction of sp³-hybridized carbons (Fsp3) is 0.579. The number of nitrogens with one attached hydrogen (secondary N) is 2. The molecule has 2 aliphatic rings. The minimum absolute atomic E-state index is 0.0691. The van der Waals surface area contributed by atoms with Crippen LogP contribution in [0.1, 0.15) is 20.8 Å². The highest BCUT2D eigenvalue weighted by Crippen LogP contribution is 2.47. The van der Waals surface area contributed by atoms with E-state index in [0.29, 0.717) is 5.57 Å². The topological polar surface area (TPSA) is 160 Å². The molecule has 1 saturated heterocycles. The van der Waals surface area contributed by atoms with Gasteiger partial charge in [-0.25, -0.2) is 4.79 Å². The third-order valence-corrected chi connectivity index (χ3v) is 5.37. The van der Waals surface area contributed by atoms with Gasteiger partial charge < -0.3 is 20.4 Å². The SMILES string of the molecule is CC(=O)/C=C(/CNC(=O)CN(C)CC1=C(C(=O)O)N2C(=O)[C@H]([C@@H](C)O)C2[C@H]1C)NO. The largest absolute Gasteiger partial charge is 0.477 e. The maximum atomic E-state index is 12.3. The minimum atomic E-state index is -1.22. The first kappa shape index (κ1) is 23.5. The van der Waals surface area contributed by atoms with Crippen molar-refractivity contribution in [2.24, 2.45) is 11.8 Å². The Kier molecular flexibility index (Phi) is 7.34. The second kappa shape index (κ2) is 9.37. The van der Waals surface area contributed by atoms with Gasteiger partial charge in [-0.2, -0.15) is 0 Å². The van der Waals surface area contributed by atoms with Crippen molar-refractivity contribution in [3.05, 3.63) is 23.0 Å². The van der Waals surface area contributed by atoms with Gasteiger partial charge in [0.1, 0.15) is 5.70 Å². The van der Waals surface area contributed by atoms with E-state index in [0.717, 1.165) is 6.08 Å². The van der Waals surface area contributed by atoms with Gasteiger partial charge in [0.15, 0.2) is 5.78 Å². The first-order valence-electron chi connectivity index (χ1n) is 9.53. The van der Waals surface area contributed by atoms with Gasteiger partial charge in [-0.3, -0.25) is 30.0 Å². The van der Waals surface area contributed by atoms with Crippen LogP contribution in [0.2, 0.25) is 0 Å². The number of aliphatic carboxylic acids is 1. The number of fused-ring (bicyclic) bond motifs is 1. The molecule has 0 aromatic carbocycles. The molecule has 0 aromatic rings. The highest BCUT2D eigenvalue weighted by atomic mass is 16.5. The summed E-state index contributed by atoms with van der Waals surface area (Å²) >= 11 is 0. The molecule has 166 valence electrons. The van der Waals surface area contributed by atoms with Crippen molar-refractivity contribution >= 4 is 23.6 Å². The van der Waals surface area contributed by atoms with Crippen LogP contribution in [0.5, 0.6) is 0 Å². The van der Waals surface area contributed by atoms with Crippen LogP contribution in [0.3, 0.4) is 0 Å². The summed E-state index contributed by atoms with van der Waals surface area (Å²) in [5.41, 5.74) is 2.41. The molecule has 11 nitrogen and oxygen atoms in total. The van der Waals surface area contributed by atoms with Crippen molar-refractivity contribution in [3.63, 3.8) is 0 Å². The molecule has 5 N–H and O–H groups in total. The Balaban J connectivity index is 2.04. The third kappa shape index (κ3) is 4.69. The van der Waals surface area contributed by atoms with Crippen LogP contribution in [-0.4, -0.2) is 87.6 Å². The number of hydrogen-bond acceptors (Lipinski definition) is 8. The van der Waals surface area contributed by atoms with Gasteiger partial charge in [0.2, 0.25) is 11.8 Å². The fourth-order valence-corrected chi connectivity index (χ4v) is 4.06. The molecule has 1 fully saturated rings. The first-order valence-corrected chi connectivity index (χ1v) is 9.53. The van der Waals surface area contributed by atoms with Gasteiger partial charge in [-0.15, -0.1) is 0 Å². The van der Waals surface area contributed by atoms with Crippen LogP contribution in [0.15, 0.2) is 23.0 Å². The molecule has 2 aliphatic heterocycles. The Hall–Kier alpha value is -2.76. The van der Waals surface area contributed by atoms with Gasteiger partial charge in [0.25, 0.3) is 0 Å². The van der Waals surface area contributed by atoms with Crippen molar-refractivity contribution in [2.75, 3.05) is 26.7 Å². The minimum Gasteiger partial charge on any atom is -0.477 e. The Morgan fingerprint density at radius 2 is 1.97 bits per heavy atom. The summed E-state index contributed by atoms with van der Waals surface area (Å²) in [5, 5.41) is 31.0. The van der Waals surface area contributed by atoms with Crippen molar-refractivity contribution in [3.8, 4) is 0 Å². The second-order valence-corrected chi connectivity index (χ2v) is 7.77. The van der Waals surface area contributed by atoms with Crippen LogP contribution in [0.25, 0.3) is 0 Å². The second-order valence-electron chi connectivity index (χ2n) is 7.77. The number of allylic oxidation sites excluding steroid dienone is 1. The fourth-order valence-electron chi connectivity index (χ4n) is 4.06. The lowest BCUT2D eigenvalue weighted by molar-refractivity contribution is -0.163. The average Bonchev–Trinajstić information content (AvgIpc) is 2.87. The Morgan fingerprint density at radius 3 is 2.47 bits per heavy atom. The summed E-state index contributed by atoms with van der Waals surface area (Å²) < 4.78 is 0. The number of carbonyl (C=O) groups excluding carboxylic acids is 3. The van der Waals surface area contributed by atoms with Crippen molar-refractivity contribution < 1.29 is 34.6 Å². The smallest absolute Gasteiger partial charge is 0.352 e. The van der Waals surface area contributed by atoms with E-state index in [1.807, 2.05) is 12.4 Å². The van der Waals surface area contributed by atoms with Crippen LogP contribution in [0.4, 0.5) is 0 Å². The van der Waals surface area contributed by atoms with Crippen LogP contribution < -0.4 is 10.8 Å². The predicted octanol–water partition coefficient (Wildman–Crippen LogP) is -1.32. The van der Waals surface area contributed by atoms with E-state index in [-0.39, 0.29) is 42.7 Å². The van der Waals surface area contributed by atoms with Crippen LogP contribution in [-0.2, 0) is 19.2 Å². The zero-order valence-corrected chi connectivity index (χ0v) is 17.4. The predicted molar refractivity (Wildman–Crippen MR) is 104 cm³/mol. The maximum absolute atomic E-state index is 12.3. The number of hydrogen-bond donors (Lipinski definition) is 5. The molecule has 0 radical (unpaired) electrons. The molecule has 30 heavy (non-hydrogen) atoms. The number of carboxylic acids is 1. The van der Waals surface area contributed by atoms with Gasteiger partial charge in [-0.05, 0) is 26.5 Å². The van der Waals surface area contributed by atoms with Crippen molar-refractivity contribution in [2.45, 2.75) is 32.9 Å². The van der Waals surface area contributed by atoms with Crippen LogP contribution >= 0.6 is 0 Å². The van der Waals surface area contributed by atoms with Crippen molar-refractivity contribution in [1.29, 1.82) is 0 Å². The Labute approximate surface area is 174 Å². The highest BCUT2D eigenvalue weighted by molar-refractivity contribution is 6.00. The van der Waals surface area contributed by atoms with Crippen molar-refractivity contribution in [1.82, 2.24) is 20.6 Å². The molecule has 2 rings (SSSR count). The van der Waals surface area contributed by atoms with E-state index in [9.17, 15) is 29.4 Å². The number of amides is 2. The molecule has 1 unspecified atom stereocenters. The summed E-state index contributed by atoms with van der Waals surface area (Å²) in [6.07, 6.45) is 0.269. The number of nitrogens with zero attached hydrogens (tertiary/aromatic N) is 2. The molecule has 0 aliphatic carbocycles. The molecule has 0 spiro atoms. The molecule has 4 atom stereocenters. The van der Waals surface area contributed by atoms with E-state index in [1.165, 1.54) is 18.7 Å². The molecule has 2 heterocycles. The van der Waals surface area contributed by atoms with Gasteiger partial charge in [-0.1, -0.05) is 6.92 Å². The molecular weight excluding hydrogens is 396 g/mol. The summed E-state index contributed by atoms with van der Waals surface area (Å²) in [4.78, 5) is 50.2. The monoisotopic (exact) mass is 424 g/mol. The first-order chi connectivity index (χ1) is 14.0. The van der Waals surface area contributed by atoms with E-state index in [2.05, 4.69) is 5.32 Å². The zero-order chi connectivity index (χ0) is 22.7. The average molecular weight is 424 g/mol. The molecule has 0 bridgehead atoms. The van der Waals surface area contributed by atoms with E-state index < -0.39 is 35.8 Å². The summed E-state index contributed by atoms with van der Waals surface area (Å²) in [7, 11) is 1.64. The number of aliphatic hydroxyl groups is 1. The lowest BCUT2D eigenvalue weighted by Crippen LogP contribution is -2.63. The molecular formula is C19H28N4O7. The quantitative estimate of drug-likeness (QED) is 0.163. The molecule has 11 heteroatoms. The van der Waals surface area contributed by atoms with Gasteiger partial charge in [0.05, 0.1) is 36.9 Å². The number of β-lactam (4-membered cyclic amide) rings is 1. The molecule has 0 aromatic heterocycles. The molecule has 0 saturated carbocycles. The van der Waals surface area contributed by atoms with E-state index in [1.54, 1.807) is 11.9 Å². The zero-order valence-electron chi connectivity index (χ0n) is 17.4. The Morgan fingerprint density at radius 1 is 1.33 bits per heavy atom. The summed E-state index contributed by atoms with van der Waals surface area (Å²) in [5.74, 6) is -3.23. The number of likely N-dealkylation sites (N-methyl/N-ethyl adjacent to an activating group) is 1. The van der Waals surface area contributed by atoms with Gasteiger partial charge >= 0.3 is 5.97 Å². The summed E-state index contributed by atoms with van der Waals surface area (Å²) in [6.45, 7) is 4.63. The number of ketones is 1. The third-order valence-electron chi connectivity index (χ3n) is 5.37. The number of carbonyl (C=O) groups is 4.